The maximum atomic E-state index is 15.6. The van der Waals surface area contributed by atoms with E-state index in [1.807, 2.05) is 31.4 Å². The van der Waals surface area contributed by atoms with Gasteiger partial charge in [0.2, 0.25) is 5.91 Å². The third kappa shape index (κ3) is 5.63. The molecule has 0 unspecified atom stereocenters. The van der Waals surface area contributed by atoms with Gasteiger partial charge in [0.25, 0.3) is 5.88 Å². The Kier molecular flexibility index (Phi) is 7.49. The molecule has 3 aromatic heterocycles. The summed E-state index contributed by atoms with van der Waals surface area (Å²) in [4.78, 5) is 27.0. The van der Waals surface area contributed by atoms with Gasteiger partial charge in [-0.15, -0.1) is 0 Å². The van der Waals surface area contributed by atoms with Gasteiger partial charge in [0, 0.05) is 62.3 Å². The highest BCUT2D eigenvalue weighted by Crippen LogP contribution is 2.36. The van der Waals surface area contributed by atoms with Crippen molar-refractivity contribution in [1.82, 2.24) is 29.6 Å². The minimum absolute atomic E-state index is 0.0965. The lowest BCUT2D eigenvalue weighted by Crippen LogP contribution is -2.41. The minimum atomic E-state index is -0.492. The molecule has 43 heavy (non-hydrogen) atoms. The number of pyridine rings is 1. The fourth-order valence-corrected chi connectivity index (χ4v) is 5.07. The molecule has 1 saturated heterocycles. The number of fused-ring (bicyclic) bond motifs is 2. The fourth-order valence-electron chi connectivity index (χ4n) is 5.07. The van der Waals surface area contributed by atoms with Gasteiger partial charge in [-0.3, -0.25) is 9.48 Å². The SMILES string of the molecule is C=CC(=O)N1CCC(Oc2nc3c(Nc4ccc(Oc5ccc6cn(C)nc6c5)c(C)c4F)ncnc3cc2OC)CC1. The molecule has 1 aliphatic heterocycles. The molecule has 12 heteroatoms. The van der Waals surface area contributed by atoms with Crippen LogP contribution in [-0.2, 0) is 11.8 Å². The molecule has 0 radical (unpaired) electrons. The number of rotatable bonds is 8. The number of nitrogens with one attached hydrogen (secondary N) is 1. The van der Waals surface area contributed by atoms with E-state index in [2.05, 4.69) is 31.9 Å². The highest BCUT2D eigenvalue weighted by molar-refractivity contribution is 5.89. The molecular weight excluding hydrogens is 553 g/mol. The van der Waals surface area contributed by atoms with Crippen molar-refractivity contribution in [2.24, 2.45) is 7.05 Å². The zero-order chi connectivity index (χ0) is 30.1. The van der Waals surface area contributed by atoms with E-state index >= 15 is 4.39 Å². The van der Waals surface area contributed by atoms with Gasteiger partial charge in [0.1, 0.15) is 29.4 Å². The molecular formula is C31H30FN7O4. The molecule has 2 aromatic carbocycles. The van der Waals surface area contributed by atoms with E-state index < -0.39 is 5.82 Å². The van der Waals surface area contributed by atoms with Crippen LogP contribution in [0.4, 0.5) is 15.9 Å². The largest absolute Gasteiger partial charge is 0.491 e. The van der Waals surface area contributed by atoms with Gasteiger partial charge in [0.05, 0.1) is 23.8 Å². The standard InChI is InChI=1S/C31H30FN7O4/c1-5-27(40)39-12-10-20(11-13-39)43-31-26(41-4)15-24-29(36-31)30(34-17-33-24)35-22-8-9-25(18(2)28(22)32)42-21-7-6-19-16-38(3)37-23(19)14-21/h5-9,14-17,20H,1,10-13H2,2-4H3,(H,33,34,35). The molecule has 11 nitrogen and oxygen atoms in total. The Bertz CT molecular complexity index is 1850. The van der Waals surface area contributed by atoms with E-state index in [0.717, 1.165) is 10.9 Å². The van der Waals surface area contributed by atoms with Crippen molar-refractivity contribution in [3.05, 3.63) is 73.0 Å². The van der Waals surface area contributed by atoms with Crippen molar-refractivity contribution in [3.63, 3.8) is 0 Å². The number of aromatic nitrogens is 5. The van der Waals surface area contributed by atoms with Crippen LogP contribution in [0.1, 0.15) is 18.4 Å². The Morgan fingerprint density at radius 2 is 1.93 bits per heavy atom. The maximum Gasteiger partial charge on any atom is 0.258 e. The molecule has 1 aliphatic rings. The summed E-state index contributed by atoms with van der Waals surface area (Å²) in [7, 11) is 3.38. The summed E-state index contributed by atoms with van der Waals surface area (Å²) < 4.78 is 35.1. The van der Waals surface area contributed by atoms with Crippen LogP contribution >= 0.6 is 0 Å². The lowest BCUT2D eigenvalue weighted by Gasteiger charge is -2.31. The average molecular weight is 584 g/mol. The van der Waals surface area contributed by atoms with E-state index in [4.69, 9.17) is 14.2 Å². The zero-order valence-corrected chi connectivity index (χ0v) is 24.0. The van der Waals surface area contributed by atoms with E-state index in [-0.39, 0.29) is 23.6 Å². The van der Waals surface area contributed by atoms with Gasteiger partial charge in [-0.1, -0.05) is 6.58 Å². The second-order valence-corrected chi connectivity index (χ2v) is 10.2. The number of carbonyl (C=O) groups excluding carboxylic acids is 1. The van der Waals surface area contributed by atoms with Gasteiger partial charge < -0.3 is 24.4 Å². The van der Waals surface area contributed by atoms with Crippen LogP contribution in [0, 0.1) is 12.7 Å². The molecule has 6 rings (SSSR count). The normalized spacial score (nSPS) is 13.7. The molecule has 0 bridgehead atoms. The molecule has 220 valence electrons. The van der Waals surface area contributed by atoms with Crippen LogP contribution in [-0.4, -0.2) is 61.8 Å². The molecule has 0 atom stereocenters. The molecule has 1 fully saturated rings. The first-order valence-electron chi connectivity index (χ1n) is 13.8. The van der Waals surface area contributed by atoms with Crippen LogP contribution in [0.15, 0.2) is 61.6 Å². The predicted octanol–water partition coefficient (Wildman–Crippen LogP) is 5.46. The van der Waals surface area contributed by atoms with Crippen molar-refractivity contribution in [2.75, 3.05) is 25.5 Å². The first-order valence-corrected chi connectivity index (χ1v) is 13.8. The van der Waals surface area contributed by atoms with E-state index in [1.165, 1.54) is 19.5 Å². The number of anilines is 2. The first-order chi connectivity index (χ1) is 20.8. The lowest BCUT2D eigenvalue weighted by atomic mass is 10.1. The number of hydrogen-bond donors (Lipinski definition) is 1. The minimum Gasteiger partial charge on any atom is -0.491 e. The van der Waals surface area contributed by atoms with Crippen molar-refractivity contribution >= 4 is 39.3 Å². The number of piperidine rings is 1. The highest BCUT2D eigenvalue weighted by atomic mass is 19.1. The Balaban J connectivity index is 1.24. The van der Waals surface area contributed by atoms with Crippen molar-refractivity contribution in [2.45, 2.75) is 25.9 Å². The number of hydrogen-bond acceptors (Lipinski definition) is 9. The summed E-state index contributed by atoms with van der Waals surface area (Å²) in [5, 5.41) is 8.45. The molecule has 1 amide bonds. The van der Waals surface area contributed by atoms with Gasteiger partial charge in [-0.2, -0.15) is 5.10 Å². The van der Waals surface area contributed by atoms with Gasteiger partial charge in [-0.25, -0.2) is 19.3 Å². The molecule has 0 saturated carbocycles. The number of methoxy groups -OCH3 is 1. The molecule has 5 aromatic rings. The highest BCUT2D eigenvalue weighted by Gasteiger charge is 2.25. The predicted molar refractivity (Wildman–Crippen MR) is 160 cm³/mol. The van der Waals surface area contributed by atoms with Gasteiger partial charge in [0.15, 0.2) is 17.4 Å². The number of benzene rings is 2. The van der Waals surface area contributed by atoms with E-state index in [0.29, 0.717) is 65.6 Å². The van der Waals surface area contributed by atoms with Crippen molar-refractivity contribution < 1.29 is 23.4 Å². The summed E-state index contributed by atoms with van der Waals surface area (Å²) >= 11 is 0. The lowest BCUT2D eigenvalue weighted by molar-refractivity contribution is -0.127. The third-order valence-corrected chi connectivity index (χ3v) is 7.38. The van der Waals surface area contributed by atoms with Crippen molar-refractivity contribution in [1.29, 1.82) is 0 Å². The Morgan fingerprint density at radius 3 is 2.70 bits per heavy atom. The van der Waals surface area contributed by atoms with Gasteiger partial charge in [-0.05, 0) is 37.3 Å². The maximum absolute atomic E-state index is 15.6. The molecule has 1 N–H and O–H groups in total. The van der Waals surface area contributed by atoms with Crippen LogP contribution in [0.2, 0.25) is 0 Å². The quantitative estimate of drug-likeness (QED) is 0.238. The Morgan fingerprint density at radius 1 is 1.12 bits per heavy atom. The number of nitrogens with zero attached hydrogens (tertiary/aromatic N) is 6. The summed E-state index contributed by atoms with van der Waals surface area (Å²) in [5.74, 6) is 1.33. The number of likely N-dealkylation sites (tertiary alicyclic amines) is 1. The van der Waals surface area contributed by atoms with Crippen LogP contribution in [0.3, 0.4) is 0 Å². The fraction of sp³-hybridized carbons (Fsp3) is 0.258. The zero-order valence-electron chi connectivity index (χ0n) is 24.0. The van der Waals surface area contributed by atoms with Crippen LogP contribution in [0.25, 0.3) is 21.9 Å². The molecule has 4 heterocycles. The number of amides is 1. The molecule has 0 aliphatic carbocycles. The topological polar surface area (TPSA) is 117 Å². The Labute approximate surface area is 246 Å². The van der Waals surface area contributed by atoms with E-state index in [9.17, 15) is 4.79 Å². The smallest absolute Gasteiger partial charge is 0.258 e. The van der Waals surface area contributed by atoms with Crippen LogP contribution in [0.5, 0.6) is 23.1 Å². The first kappa shape index (κ1) is 27.9. The second-order valence-electron chi connectivity index (χ2n) is 10.2. The monoisotopic (exact) mass is 583 g/mol. The summed E-state index contributed by atoms with van der Waals surface area (Å²) in [6, 6.07) is 10.5. The van der Waals surface area contributed by atoms with Crippen LogP contribution < -0.4 is 19.5 Å². The summed E-state index contributed by atoms with van der Waals surface area (Å²) in [5.41, 5.74) is 2.19. The van der Waals surface area contributed by atoms with E-state index in [1.54, 1.807) is 34.7 Å². The van der Waals surface area contributed by atoms with Gasteiger partial charge >= 0.3 is 0 Å². The second kappa shape index (κ2) is 11.6. The summed E-state index contributed by atoms with van der Waals surface area (Å²) in [6.07, 6.45) is 5.70. The summed E-state index contributed by atoms with van der Waals surface area (Å²) in [6.45, 7) is 6.31. The third-order valence-electron chi connectivity index (χ3n) is 7.38. The Hall–Kier alpha value is -5.26. The van der Waals surface area contributed by atoms with Crippen molar-refractivity contribution in [3.8, 4) is 23.1 Å². The number of halogens is 1. The number of ether oxygens (including phenoxy) is 3. The number of aryl methyl sites for hydroxylation is 1. The average Bonchev–Trinajstić information content (AvgIpc) is 3.40. The molecule has 0 spiro atoms. The number of carbonyl (C=O) groups is 1.